The minimum Gasteiger partial charge on any atom is -0.381 e. The monoisotopic (exact) mass is 372 g/mol. The smallest absolute Gasteiger partial charge is 0.0931 e. The predicted octanol–water partition coefficient (Wildman–Crippen LogP) is 3.62. The standard InChI is InChI=1S/C14H21ClN2OS.2ClH/c15-13-2-1-12(19-13)14(11-3-9-18-10-4-11)17-7-5-16-6-8-17;;/h1-2,11,14,16H,3-10H2;2*1H/t14-;;/m0../s1. The predicted molar refractivity (Wildman–Crippen MR) is 94.6 cm³/mol. The van der Waals surface area contributed by atoms with Crippen LogP contribution in [0.5, 0.6) is 0 Å². The summed E-state index contributed by atoms with van der Waals surface area (Å²) >= 11 is 7.89. The Morgan fingerprint density at radius 2 is 1.86 bits per heavy atom. The zero-order chi connectivity index (χ0) is 13.1. The van der Waals surface area contributed by atoms with Crippen molar-refractivity contribution >= 4 is 47.8 Å². The van der Waals surface area contributed by atoms with E-state index in [2.05, 4.69) is 16.3 Å². The molecule has 1 atom stereocenters. The van der Waals surface area contributed by atoms with E-state index in [1.165, 1.54) is 17.7 Å². The summed E-state index contributed by atoms with van der Waals surface area (Å²) in [6, 6.07) is 4.79. The molecule has 1 aromatic heterocycles. The lowest BCUT2D eigenvalue weighted by atomic mass is 9.89. The molecule has 1 aromatic rings. The fourth-order valence-corrected chi connectivity index (χ4v) is 4.48. The molecule has 0 aromatic carbocycles. The van der Waals surface area contributed by atoms with Gasteiger partial charge >= 0.3 is 0 Å². The van der Waals surface area contributed by atoms with Crippen molar-refractivity contribution in [1.29, 1.82) is 0 Å². The second-order valence-electron chi connectivity index (χ2n) is 5.32. The van der Waals surface area contributed by atoms with Crippen molar-refractivity contribution in [3.63, 3.8) is 0 Å². The molecule has 7 heteroatoms. The molecule has 2 fully saturated rings. The first kappa shape index (κ1) is 19.5. The molecule has 122 valence electrons. The highest BCUT2D eigenvalue weighted by Gasteiger charge is 2.32. The maximum absolute atomic E-state index is 6.15. The highest BCUT2D eigenvalue weighted by molar-refractivity contribution is 7.16. The van der Waals surface area contributed by atoms with E-state index in [1.54, 1.807) is 11.3 Å². The van der Waals surface area contributed by atoms with Gasteiger partial charge in [-0.05, 0) is 30.9 Å². The van der Waals surface area contributed by atoms with Crippen LogP contribution in [0, 0.1) is 5.92 Å². The molecule has 0 saturated carbocycles. The lowest BCUT2D eigenvalue weighted by Crippen LogP contribution is -2.47. The average Bonchev–Trinajstić information content (AvgIpc) is 2.88. The lowest BCUT2D eigenvalue weighted by molar-refractivity contribution is 0.0223. The summed E-state index contributed by atoms with van der Waals surface area (Å²) in [5.74, 6) is 0.710. The van der Waals surface area contributed by atoms with E-state index in [1.807, 2.05) is 6.07 Å². The van der Waals surface area contributed by atoms with Crippen LogP contribution >= 0.6 is 47.8 Å². The van der Waals surface area contributed by atoms with Crippen molar-refractivity contribution in [2.75, 3.05) is 39.4 Å². The van der Waals surface area contributed by atoms with Gasteiger partial charge in [-0.2, -0.15) is 0 Å². The van der Waals surface area contributed by atoms with Gasteiger partial charge in [0.05, 0.1) is 4.34 Å². The Labute approximate surface area is 148 Å². The quantitative estimate of drug-likeness (QED) is 0.876. The molecule has 3 rings (SSSR count). The van der Waals surface area contributed by atoms with E-state index in [4.69, 9.17) is 16.3 Å². The van der Waals surface area contributed by atoms with Crippen LogP contribution in [-0.4, -0.2) is 44.3 Å². The Morgan fingerprint density at radius 3 is 2.43 bits per heavy atom. The van der Waals surface area contributed by atoms with Gasteiger partial charge in [0.15, 0.2) is 0 Å². The molecule has 21 heavy (non-hydrogen) atoms. The minimum absolute atomic E-state index is 0. The van der Waals surface area contributed by atoms with Crippen LogP contribution in [0.15, 0.2) is 12.1 Å². The van der Waals surface area contributed by atoms with E-state index < -0.39 is 0 Å². The first-order chi connectivity index (χ1) is 9.34. The van der Waals surface area contributed by atoms with Crippen LogP contribution in [0.4, 0.5) is 0 Å². The fraction of sp³-hybridized carbons (Fsp3) is 0.714. The van der Waals surface area contributed by atoms with E-state index in [-0.39, 0.29) is 24.8 Å². The summed E-state index contributed by atoms with van der Waals surface area (Å²) in [5.41, 5.74) is 0. The summed E-state index contributed by atoms with van der Waals surface area (Å²) in [5, 5.41) is 3.44. The van der Waals surface area contributed by atoms with Gasteiger partial charge in [0.25, 0.3) is 0 Å². The van der Waals surface area contributed by atoms with Gasteiger partial charge in [0.1, 0.15) is 0 Å². The zero-order valence-electron chi connectivity index (χ0n) is 11.9. The normalized spacial score (nSPS) is 22.1. The highest BCUT2D eigenvalue weighted by atomic mass is 35.5. The SMILES string of the molecule is Cl.Cl.Clc1ccc([C@H](C2CCOCC2)N2CCNCC2)s1. The Kier molecular flexibility index (Phi) is 8.87. The Balaban J connectivity index is 0.00000110. The van der Waals surface area contributed by atoms with Gasteiger partial charge in [-0.3, -0.25) is 4.90 Å². The van der Waals surface area contributed by atoms with Gasteiger partial charge in [0, 0.05) is 50.3 Å². The molecule has 0 aliphatic carbocycles. The maximum atomic E-state index is 6.15. The number of thiophene rings is 1. The maximum Gasteiger partial charge on any atom is 0.0931 e. The summed E-state index contributed by atoms with van der Waals surface area (Å²) in [7, 11) is 0. The molecule has 2 saturated heterocycles. The van der Waals surface area contributed by atoms with Gasteiger partial charge in [-0.15, -0.1) is 36.2 Å². The third-order valence-electron chi connectivity index (χ3n) is 4.14. The number of ether oxygens (including phenoxy) is 1. The molecule has 2 aliphatic heterocycles. The molecule has 0 radical (unpaired) electrons. The summed E-state index contributed by atoms with van der Waals surface area (Å²) in [6.45, 7) is 6.28. The Bertz CT molecular complexity index is 389. The number of hydrogen-bond acceptors (Lipinski definition) is 4. The molecule has 0 amide bonds. The van der Waals surface area contributed by atoms with Crippen molar-refractivity contribution in [2.45, 2.75) is 18.9 Å². The fourth-order valence-electron chi connectivity index (χ4n) is 3.19. The van der Waals surface area contributed by atoms with Crippen molar-refractivity contribution in [1.82, 2.24) is 10.2 Å². The van der Waals surface area contributed by atoms with Crippen LogP contribution in [0.2, 0.25) is 4.34 Å². The third kappa shape index (κ3) is 4.96. The molecule has 0 unspecified atom stereocenters. The lowest BCUT2D eigenvalue weighted by Gasteiger charge is -2.40. The molecular formula is C14H23Cl3N2OS. The number of nitrogens with zero attached hydrogens (tertiary/aromatic N) is 1. The van der Waals surface area contributed by atoms with Crippen LogP contribution in [-0.2, 0) is 4.74 Å². The Morgan fingerprint density at radius 1 is 1.19 bits per heavy atom. The van der Waals surface area contributed by atoms with Crippen LogP contribution in [0.3, 0.4) is 0 Å². The van der Waals surface area contributed by atoms with E-state index in [9.17, 15) is 0 Å². The van der Waals surface area contributed by atoms with Gasteiger partial charge in [-0.1, -0.05) is 11.6 Å². The number of rotatable bonds is 3. The molecular weight excluding hydrogens is 351 g/mol. The molecule has 2 aliphatic rings. The topological polar surface area (TPSA) is 24.5 Å². The first-order valence-electron chi connectivity index (χ1n) is 7.12. The van der Waals surface area contributed by atoms with Crippen molar-refractivity contribution in [2.24, 2.45) is 5.92 Å². The summed E-state index contributed by atoms with van der Waals surface area (Å²) < 4.78 is 6.43. The molecule has 3 nitrogen and oxygen atoms in total. The molecule has 1 N–H and O–H groups in total. The van der Waals surface area contributed by atoms with E-state index in [0.717, 1.165) is 43.7 Å². The third-order valence-corrected chi connectivity index (χ3v) is 5.44. The second-order valence-corrected chi connectivity index (χ2v) is 7.07. The van der Waals surface area contributed by atoms with Gasteiger partial charge < -0.3 is 10.1 Å². The second kappa shape index (κ2) is 9.56. The molecule has 3 heterocycles. The molecule has 0 spiro atoms. The minimum atomic E-state index is 0. The van der Waals surface area contributed by atoms with Gasteiger partial charge in [0.2, 0.25) is 0 Å². The van der Waals surface area contributed by atoms with Crippen molar-refractivity contribution in [3.8, 4) is 0 Å². The largest absolute Gasteiger partial charge is 0.381 e. The number of piperazine rings is 1. The van der Waals surface area contributed by atoms with Crippen molar-refractivity contribution in [3.05, 3.63) is 21.3 Å². The average molecular weight is 374 g/mol. The van der Waals surface area contributed by atoms with Crippen molar-refractivity contribution < 1.29 is 4.74 Å². The summed E-state index contributed by atoms with van der Waals surface area (Å²) in [4.78, 5) is 4.06. The van der Waals surface area contributed by atoms with E-state index >= 15 is 0 Å². The summed E-state index contributed by atoms with van der Waals surface area (Å²) in [6.07, 6.45) is 2.34. The van der Waals surface area contributed by atoms with Crippen LogP contribution < -0.4 is 5.32 Å². The number of halogens is 3. The van der Waals surface area contributed by atoms with Crippen LogP contribution in [0.1, 0.15) is 23.8 Å². The Hall–Kier alpha value is 0.450. The molecule has 0 bridgehead atoms. The van der Waals surface area contributed by atoms with E-state index in [0.29, 0.717) is 12.0 Å². The van der Waals surface area contributed by atoms with Gasteiger partial charge in [-0.25, -0.2) is 0 Å². The highest BCUT2D eigenvalue weighted by Crippen LogP contribution is 2.39. The first-order valence-corrected chi connectivity index (χ1v) is 8.32. The van der Waals surface area contributed by atoms with Crippen LogP contribution in [0.25, 0.3) is 0 Å². The number of hydrogen-bond donors (Lipinski definition) is 1. The number of nitrogens with one attached hydrogen (secondary N) is 1. The zero-order valence-corrected chi connectivity index (χ0v) is 15.1.